The highest BCUT2D eigenvalue weighted by atomic mass is 16.1. The summed E-state index contributed by atoms with van der Waals surface area (Å²) in [6.07, 6.45) is 0.385. The van der Waals surface area contributed by atoms with Crippen molar-refractivity contribution in [2.24, 2.45) is 0 Å². The number of carbonyl (C=O) groups excluding carboxylic acids is 1. The lowest BCUT2D eigenvalue weighted by Crippen LogP contribution is -2.30. The molecule has 1 amide bonds. The first-order valence-corrected chi connectivity index (χ1v) is 8.17. The largest absolute Gasteiger partial charge is 0.345 e. The molecule has 0 saturated carbocycles. The van der Waals surface area contributed by atoms with Crippen LogP contribution in [0.5, 0.6) is 0 Å². The van der Waals surface area contributed by atoms with Crippen LogP contribution in [-0.4, -0.2) is 5.91 Å². The Balaban J connectivity index is 1.82. The van der Waals surface area contributed by atoms with Gasteiger partial charge in [0.15, 0.2) is 0 Å². The van der Waals surface area contributed by atoms with Gasteiger partial charge in [0.05, 0.1) is 12.5 Å². The van der Waals surface area contributed by atoms with Gasteiger partial charge in [-0.25, -0.2) is 0 Å². The second-order valence-corrected chi connectivity index (χ2v) is 5.98. The molecule has 3 aromatic carbocycles. The van der Waals surface area contributed by atoms with Gasteiger partial charge in [0, 0.05) is 0 Å². The molecule has 1 atom stereocenters. The molecule has 0 aliphatic rings. The van der Waals surface area contributed by atoms with Crippen LogP contribution in [0.4, 0.5) is 0 Å². The Morgan fingerprint density at radius 2 is 1.33 bits per heavy atom. The van der Waals surface area contributed by atoms with Crippen molar-refractivity contribution in [2.75, 3.05) is 0 Å². The zero-order valence-electron chi connectivity index (χ0n) is 13.8. The van der Waals surface area contributed by atoms with E-state index >= 15 is 0 Å². The maximum absolute atomic E-state index is 12.5. The molecule has 0 aliphatic carbocycles. The summed E-state index contributed by atoms with van der Waals surface area (Å²) in [4.78, 5) is 12.5. The van der Waals surface area contributed by atoms with Crippen LogP contribution in [0.25, 0.3) is 0 Å². The van der Waals surface area contributed by atoms with Gasteiger partial charge >= 0.3 is 0 Å². The number of hydrogen-bond acceptors (Lipinski definition) is 1. The van der Waals surface area contributed by atoms with Crippen LogP contribution in [0.3, 0.4) is 0 Å². The molecule has 0 radical (unpaired) electrons. The van der Waals surface area contributed by atoms with Crippen molar-refractivity contribution in [3.05, 3.63) is 107 Å². The van der Waals surface area contributed by atoms with E-state index in [9.17, 15) is 4.79 Å². The molecule has 0 saturated heterocycles. The molecule has 0 unspecified atom stereocenters. The van der Waals surface area contributed by atoms with Crippen molar-refractivity contribution >= 4 is 5.91 Å². The van der Waals surface area contributed by atoms with Crippen molar-refractivity contribution in [2.45, 2.75) is 19.4 Å². The molecule has 2 nitrogen and oxygen atoms in total. The molecule has 24 heavy (non-hydrogen) atoms. The molecule has 2 heteroatoms. The Labute approximate surface area is 143 Å². The van der Waals surface area contributed by atoms with Gasteiger partial charge < -0.3 is 5.32 Å². The number of benzene rings is 3. The second kappa shape index (κ2) is 7.60. The minimum Gasteiger partial charge on any atom is -0.345 e. The minimum atomic E-state index is -0.136. The highest BCUT2D eigenvalue weighted by Gasteiger charge is 2.16. The lowest BCUT2D eigenvalue weighted by atomic mass is 9.97. The lowest BCUT2D eigenvalue weighted by Gasteiger charge is -2.20. The highest BCUT2D eigenvalue weighted by molar-refractivity contribution is 5.79. The van der Waals surface area contributed by atoms with Crippen LogP contribution >= 0.6 is 0 Å². The maximum Gasteiger partial charge on any atom is 0.225 e. The monoisotopic (exact) mass is 315 g/mol. The molecule has 0 aliphatic heterocycles. The Hall–Kier alpha value is -2.87. The van der Waals surface area contributed by atoms with Crippen LogP contribution in [0.15, 0.2) is 84.9 Å². The average molecular weight is 315 g/mol. The summed E-state index contributed by atoms with van der Waals surface area (Å²) >= 11 is 0. The average Bonchev–Trinajstić information content (AvgIpc) is 2.62. The second-order valence-electron chi connectivity index (χ2n) is 5.98. The molecule has 0 fully saturated rings. The summed E-state index contributed by atoms with van der Waals surface area (Å²) in [6.45, 7) is 2.06. The summed E-state index contributed by atoms with van der Waals surface area (Å²) in [5, 5.41) is 3.18. The van der Waals surface area contributed by atoms with Crippen LogP contribution in [0.2, 0.25) is 0 Å². The van der Waals surface area contributed by atoms with Gasteiger partial charge in [-0.15, -0.1) is 0 Å². The summed E-state index contributed by atoms with van der Waals surface area (Å²) < 4.78 is 0. The molecule has 0 aromatic heterocycles. The van der Waals surface area contributed by atoms with E-state index in [4.69, 9.17) is 0 Å². The first-order valence-electron chi connectivity index (χ1n) is 8.17. The zero-order chi connectivity index (χ0) is 16.8. The fourth-order valence-electron chi connectivity index (χ4n) is 2.76. The van der Waals surface area contributed by atoms with Gasteiger partial charge in [0.2, 0.25) is 5.91 Å². The van der Waals surface area contributed by atoms with Gasteiger partial charge in [-0.3, -0.25) is 4.79 Å². The fourth-order valence-corrected chi connectivity index (χ4v) is 2.76. The van der Waals surface area contributed by atoms with E-state index in [0.29, 0.717) is 6.42 Å². The number of rotatable bonds is 5. The molecule has 3 aromatic rings. The van der Waals surface area contributed by atoms with E-state index in [1.807, 2.05) is 60.7 Å². The van der Waals surface area contributed by atoms with E-state index in [1.165, 1.54) is 5.56 Å². The van der Waals surface area contributed by atoms with E-state index in [0.717, 1.165) is 16.7 Å². The summed E-state index contributed by atoms with van der Waals surface area (Å²) in [7, 11) is 0. The molecule has 120 valence electrons. The third-order valence-electron chi connectivity index (χ3n) is 4.06. The van der Waals surface area contributed by atoms with E-state index in [-0.39, 0.29) is 11.9 Å². The molecule has 0 spiro atoms. The predicted molar refractivity (Wildman–Crippen MR) is 97.8 cm³/mol. The van der Waals surface area contributed by atoms with Gasteiger partial charge in [0.25, 0.3) is 0 Å². The number of carbonyl (C=O) groups is 1. The lowest BCUT2D eigenvalue weighted by molar-refractivity contribution is -0.120. The van der Waals surface area contributed by atoms with Crippen LogP contribution < -0.4 is 5.32 Å². The Bertz CT molecular complexity index is 779. The first kappa shape index (κ1) is 16.0. The standard InChI is InChI=1S/C22H21NO/c1-17-12-14-20(15-13-17)22(19-10-6-3-7-11-19)23-21(24)16-18-8-4-2-5-9-18/h2-15,22H,16H2,1H3,(H,23,24)/t22-/m0/s1. The number of aryl methyl sites for hydroxylation is 1. The Kier molecular flexibility index (Phi) is 5.07. The van der Waals surface area contributed by atoms with Gasteiger partial charge in [0.1, 0.15) is 0 Å². The summed E-state index contributed by atoms with van der Waals surface area (Å²) in [6, 6.07) is 28.1. The third kappa shape index (κ3) is 4.11. The SMILES string of the molecule is Cc1ccc([C@@H](NC(=O)Cc2ccccc2)c2ccccc2)cc1. The summed E-state index contributed by atoms with van der Waals surface area (Å²) in [5.41, 5.74) is 4.41. The normalized spacial score (nSPS) is 11.7. The maximum atomic E-state index is 12.5. The Morgan fingerprint density at radius 3 is 1.96 bits per heavy atom. The topological polar surface area (TPSA) is 29.1 Å². The van der Waals surface area contributed by atoms with E-state index in [1.54, 1.807) is 0 Å². The first-order chi connectivity index (χ1) is 11.7. The predicted octanol–water partition coefficient (Wildman–Crippen LogP) is 4.44. The van der Waals surface area contributed by atoms with Crippen molar-refractivity contribution in [3.63, 3.8) is 0 Å². The third-order valence-corrected chi connectivity index (χ3v) is 4.06. The van der Waals surface area contributed by atoms with Crippen molar-refractivity contribution in [1.82, 2.24) is 5.32 Å². The number of amides is 1. The molecular weight excluding hydrogens is 294 g/mol. The van der Waals surface area contributed by atoms with E-state index < -0.39 is 0 Å². The van der Waals surface area contributed by atoms with Crippen molar-refractivity contribution < 1.29 is 4.79 Å². The van der Waals surface area contributed by atoms with Crippen LogP contribution in [-0.2, 0) is 11.2 Å². The zero-order valence-corrected chi connectivity index (χ0v) is 13.8. The van der Waals surface area contributed by atoms with Crippen molar-refractivity contribution in [3.8, 4) is 0 Å². The molecule has 0 bridgehead atoms. The Morgan fingerprint density at radius 1 is 0.792 bits per heavy atom. The summed E-state index contributed by atoms with van der Waals surface area (Å²) in [5.74, 6) is 0.0237. The van der Waals surface area contributed by atoms with Gasteiger partial charge in [-0.1, -0.05) is 90.5 Å². The molecule has 1 N–H and O–H groups in total. The smallest absolute Gasteiger partial charge is 0.225 e. The minimum absolute atomic E-state index is 0.0237. The molecular formula is C22H21NO. The quantitative estimate of drug-likeness (QED) is 0.741. The van der Waals surface area contributed by atoms with Crippen LogP contribution in [0.1, 0.15) is 28.3 Å². The van der Waals surface area contributed by atoms with E-state index in [2.05, 4.69) is 36.5 Å². The highest BCUT2D eigenvalue weighted by Crippen LogP contribution is 2.22. The molecule has 3 rings (SSSR count). The van der Waals surface area contributed by atoms with Crippen LogP contribution in [0, 0.1) is 6.92 Å². The fraction of sp³-hybridized carbons (Fsp3) is 0.136. The van der Waals surface area contributed by atoms with Crippen molar-refractivity contribution in [1.29, 1.82) is 0 Å². The number of nitrogens with one attached hydrogen (secondary N) is 1. The molecule has 0 heterocycles. The van der Waals surface area contributed by atoms with Gasteiger partial charge in [-0.05, 0) is 23.6 Å². The number of hydrogen-bond donors (Lipinski definition) is 1. The van der Waals surface area contributed by atoms with Gasteiger partial charge in [-0.2, -0.15) is 0 Å².